The molecule has 1 aromatic carbocycles. The Bertz CT molecular complexity index is 1310. The topological polar surface area (TPSA) is 121 Å². The van der Waals surface area contributed by atoms with Crippen molar-refractivity contribution in [3.8, 4) is 17.1 Å². The molecule has 3 aromatic rings. The lowest BCUT2D eigenvalue weighted by atomic mass is 9.95. The van der Waals surface area contributed by atoms with Crippen molar-refractivity contribution >= 4 is 11.6 Å². The molecule has 4 rings (SSSR count). The summed E-state index contributed by atoms with van der Waals surface area (Å²) in [5.74, 6) is 0.244. The smallest absolute Gasteiger partial charge is 0.327 e. The van der Waals surface area contributed by atoms with Crippen molar-refractivity contribution < 1.29 is 13.6 Å². The Kier molecular flexibility index (Phi) is 5.66. The minimum Gasteiger partial charge on any atom is -0.327 e. The molecular formula is C21H21F2N7O2. The van der Waals surface area contributed by atoms with Crippen molar-refractivity contribution in [3.63, 3.8) is 0 Å². The molecule has 0 saturated heterocycles. The molecule has 2 aromatic heterocycles. The molecule has 0 saturated carbocycles. The van der Waals surface area contributed by atoms with Gasteiger partial charge in [-0.15, -0.1) is 4.68 Å². The Morgan fingerprint density at radius 1 is 1.12 bits per heavy atom. The zero-order chi connectivity index (χ0) is 23.0. The van der Waals surface area contributed by atoms with E-state index < -0.39 is 30.4 Å². The van der Waals surface area contributed by atoms with Gasteiger partial charge in [-0.05, 0) is 65.6 Å². The standard InChI is InChI=1S/C21H21F2N7O2/c1-11-3-5-16(14-7-12(2)18-13(8-14)4-6-17(31)26-18)25-20(11)30-21(32)29(27-28-30)10-15(9-24)19(22)23/h3,5,7-8H,4,6,9-10,24H2,1-2H3,(H,26,31). The van der Waals surface area contributed by atoms with Crippen molar-refractivity contribution in [2.75, 3.05) is 11.9 Å². The summed E-state index contributed by atoms with van der Waals surface area (Å²) in [5, 5.41) is 10.4. The molecule has 166 valence electrons. The van der Waals surface area contributed by atoms with Crippen LogP contribution in [-0.2, 0) is 17.8 Å². The molecule has 1 amide bonds. The molecule has 0 bridgehead atoms. The minimum atomic E-state index is -1.94. The van der Waals surface area contributed by atoms with Crippen LogP contribution in [0, 0.1) is 13.8 Å². The van der Waals surface area contributed by atoms with Crippen LogP contribution >= 0.6 is 0 Å². The molecule has 0 atom stereocenters. The van der Waals surface area contributed by atoms with Gasteiger partial charge >= 0.3 is 5.69 Å². The first kappa shape index (κ1) is 21.5. The number of tetrazole rings is 1. The maximum absolute atomic E-state index is 12.9. The number of nitrogens with two attached hydrogens (primary N) is 1. The van der Waals surface area contributed by atoms with Gasteiger partial charge in [-0.3, -0.25) is 4.79 Å². The summed E-state index contributed by atoms with van der Waals surface area (Å²) >= 11 is 0. The minimum absolute atomic E-state index is 0.00756. The van der Waals surface area contributed by atoms with E-state index in [1.54, 1.807) is 13.0 Å². The highest BCUT2D eigenvalue weighted by Crippen LogP contribution is 2.32. The van der Waals surface area contributed by atoms with Gasteiger partial charge in [-0.25, -0.2) is 9.78 Å². The Morgan fingerprint density at radius 2 is 1.91 bits per heavy atom. The average Bonchev–Trinajstić information content (AvgIpc) is 3.12. The summed E-state index contributed by atoms with van der Waals surface area (Å²) in [6, 6.07) is 7.50. The molecule has 0 fully saturated rings. The molecule has 0 aliphatic carbocycles. The predicted molar refractivity (Wildman–Crippen MR) is 114 cm³/mol. The molecule has 0 unspecified atom stereocenters. The van der Waals surface area contributed by atoms with Gasteiger partial charge in [0.15, 0.2) is 5.82 Å². The van der Waals surface area contributed by atoms with Crippen LogP contribution in [0.1, 0.15) is 23.1 Å². The number of carbonyl (C=O) groups is 1. The molecule has 9 nitrogen and oxygen atoms in total. The van der Waals surface area contributed by atoms with Gasteiger partial charge in [0, 0.05) is 29.8 Å². The number of pyridine rings is 1. The van der Waals surface area contributed by atoms with E-state index in [-0.39, 0.29) is 11.7 Å². The van der Waals surface area contributed by atoms with Crippen LogP contribution in [0.4, 0.5) is 14.5 Å². The van der Waals surface area contributed by atoms with E-state index in [1.165, 1.54) is 0 Å². The molecule has 0 spiro atoms. The van der Waals surface area contributed by atoms with Crippen molar-refractivity contribution in [3.05, 3.63) is 63.1 Å². The fraction of sp³-hybridized carbons (Fsp3) is 0.286. The zero-order valence-corrected chi connectivity index (χ0v) is 17.5. The third-order valence-electron chi connectivity index (χ3n) is 5.36. The summed E-state index contributed by atoms with van der Waals surface area (Å²) in [4.78, 5) is 29.0. The van der Waals surface area contributed by atoms with E-state index in [4.69, 9.17) is 5.73 Å². The van der Waals surface area contributed by atoms with Gasteiger partial charge in [-0.2, -0.15) is 13.5 Å². The maximum Gasteiger partial charge on any atom is 0.370 e. The average molecular weight is 441 g/mol. The van der Waals surface area contributed by atoms with E-state index in [0.717, 1.165) is 31.7 Å². The number of fused-ring (bicyclic) bond motifs is 1. The number of benzene rings is 1. The molecule has 3 heterocycles. The van der Waals surface area contributed by atoms with E-state index in [2.05, 4.69) is 20.7 Å². The predicted octanol–water partition coefficient (Wildman–Crippen LogP) is 2.10. The van der Waals surface area contributed by atoms with Crippen molar-refractivity contribution in [2.24, 2.45) is 5.73 Å². The molecular weight excluding hydrogens is 420 g/mol. The van der Waals surface area contributed by atoms with Gasteiger partial charge in [-0.1, -0.05) is 6.07 Å². The number of halogens is 2. The van der Waals surface area contributed by atoms with Crippen LogP contribution in [0.3, 0.4) is 0 Å². The highest BCUT2D eigenvalue weighted by molar-refractivity contribution is 5.95. The van der Waals surface area contributed by atoms with Crippen LogP contribution in [0.2, 0.25) is 0 Å². The second-order valence-electron chi connectivity index (χ2n) is 7.61. The number of aryl methyl sites for hydroxylation is 3. The third-order valence-corrected chi connectivity index (χ3v) is 5.36. The number of rotatable bonds is 5. The number of anilines is 1. The lowest BCUT2D eigenvalue weighted by Crippen LogP contribution is -2.27. The summed E-state index contributed by atoms with van der Waals surface area (Å²) < 4.78 is 27.6. The second kappa shape index (κ2) is 8.42. The third kappa shape index (κ3) is 3.94. The number of nitrogens with zero attached hydrogens (tertiary/aromatic N) is 5. The number of aromatic nitrogens is 5. The summed E-state index contributed by atoms with van der Waals surface area (Å²) in [6.07, 6.45) is -0.895. The Labute approximate surface area is 181 Å². The molecule has 1 aliphatic heterocycles. The normalized spacial score (nSPS) is 13.0. The molecule has 0 radical (unpaired) electrons. The first-order valence-electron chi connectivity index (χ1n) is 9.96. The van der Waals surface area contributed by atoms with E-state index in [0.29, 0.717) is 24.1 Å². The van der Waals surface area contributed by atoms with E-state index in [1.807, 2.05) is 25.1 Å². The van der Waals surface area contributed by atoms with Gasteiger partial charge in [0.2, 0.25) is 5.91 Å². The van der Waals surface area contributed by atoms with E-state index >= 15 is 0 Å². The van der Waals surface area contributed by atoms with Crippen LogP contribution in [0.15, 0.2) is 40.7 Å². The molecule has 1 aliphatic rings. The van der Waals surface area contributed by atoms with Gasteiger partial charge in [0.05, 0.1) is 12.2 Å². The first-order valence-corrected chi connectivity index (χ1v) is 9.96. The second-order valence-corrected chi connectivity index (χ2v) is 7.61. The molecule has 32 heavy (non-hydrogen) atoms. The number of nitrogens with one attached hydrogen (secondary N) is 1. The largest absolute Gasteiger partial charge is 0.370 e. The zero-order valence-electron chi connectivity index (χ0n) is 17.5. The van der Waals surface area contributed by atoms with Gasteiger partial charge < -0.3 is 11.1 Å². The summed E-state index contributed by atoms with van der Waals surface area (Å²) in [6.45, 7) is 2.82. The number of hydrogen-bond donors (Lipinski definition) is 2. The number of hydrogen-bond acceptors (Lipinski definition) is 6. The number of carbonyl (C=O) groups excluding carboxylic acids is 1. The summed E-state index contributed by atoms with van der Waals surface area (Å²) in [5.41, 5.74) is 9.07. The van der Waals surface area contributed by atoms with Crippen LogP contribution in [-0.4, -0.2) is 37.2 Å². The Balaban J connectivity index is 1.74. The van der Waals surface area contributed by atoms with Crippen LogP contribution in [0.25, 0.3) is 17.1 Å². The molecule has 11 heteroatoms. The SMILES string of the molecule is Cc1ccc(-c2cc(C)c3c(c2)CCC(=O)N3)nc1-n1nnn(CC(CN)=C(F)F)c1=O. The van der Waals surface area contributed by atoms with Gasteiger partial charge in [0.25, 0.3) is 6.08 Å². The van der Waals surface area contributed by atoms with Crippen molar-refractivity contribution in [2.45, 2.75) is 33.2 Å². The highest BCUT2D eigenvalue weighted by Gasteiger charge is 2.20. The summed E-state index contributed by atoms with van der Waals surface area (Å²) in [7, 11) is 0. The lowest BCUT2D eigenvalue weighted by Gasteiger charge is -2.20. The lowest BCUT2D eigenvalue weighted by molar-refractivity contribution is -0.116. The Morgan fingerprint density at radius 3 is 2.62 bits per heavy atom. The fourth-order valence-electron chi connectivity index (χ4n) is 3.62. The first-order chi connectivity index (χ1) is 15.3. The maximum atomic E-state index is 12.9. The van der Waals surface area contributed by atoms with Crippen molar-refractivity contribution in [1.29, 1.82) is 0 Å². The van der Waals surface area contributed by atoms with Crippen LogP contribution < -0.4 is 16.7 Å². The van der Waals surface area contributed by atoms with Crippen molar-refractivity contribution in [1.82, 2.24) is 24.8 Å². The quantitative estimate of drug-likeness (QED) is 0.626. The van der Waals surface area contributed by atoms with Gasteiger partial charge in [0.1, 0.15) is 0 Å². The van der Waals surface area contributed by atoms with E-state index in [9.17, 15) is 18.4 Å². The molecule has 3 N–H and O–H groups in total. The number of amides is 1. The monoisotopic (exact) mass is 441 g/mol. The Hall–Kier alpha value is -3.73. The van der Waals surface area contributed by atoms with Crippen LogP contribution in [0.5, 0.6) is 0 Å². The highest BCUT2D eigenvalue weighted by atomic mass is 19.3. The fourth-order valence-corrected chi connectivity index (χ4v) is 3.62.